The second-order valence-corrected chi connectivity index (χ2v) is 6.07. The summed E-state index contributed by atoms with van der Waals surface area (Å²) in [6.07, 6.45) is 0. The molecule has 0 fully saturated rings. The van der Waals surface area contributed by atoms with E-state index in [1.54, 1.807) is 0 Å². The van der Waals surface area contributed by atoms with Crippen molar-refractivity contribution in [1.82, 2.24) is 5.32 Å². The molecule has 1 amide bonds. The van der Waals surface area contributed by atoms with Crippen molar-refractivity contribution in [3.05, 3.63) is 101 Å². The van der Waals surface area contributed by atoms with Crippen molar-refractivity contribution < 1.29 is 4.79 Å². The topological polar surface area (TPSA) is 41.1 Å². The smallest absolute Gasteiger partial charge is 0.253 e. The number of nitrogens with one attached hydrogen (secondary N) is 2. The second-order valence-electron chi connectivity index (χ2n) is 5.66. The van der Waals surface area contributed by atoms with Crippen molar-refractivity contribution in [2.24, 2.45) is 0 Å². The van der Waals surface area contributed by atoms with Crippen LogP contribution in [0.25, 0.3) is 0 Å². The minimum absolute atomic E-state index is 0.129. The Morgan fingerprint density at radius 2 is 1.48 bits per heavy atom. The highest BCUT2D eigenvalue weighted by atomic mass is 35.5. The molecule has 3 rings (SSSR count). The van der Waals surface area contributed by atoms with Gasteiger partial charge in [0.15, 0.2) is 0 Å². The van der Waals surface area contributed by atoms with E-state index >= 15 is 0 Å². The molecule has 2 N–H and O–H groups in total. The molecule has 0 radical (unpaired) electrons. The Bertz CT molecular complexity index is 849. The highest BCUT2D eigenvalue weighted by Crippen LogP contribution is 2.18. The number of carbonyl (C=O) groups is 1. The number of para-hydroxylation sites is 1. The third-order valence-corrected chi connectivity index (χ3v) is 4.26. The summed E-state index contributed by atoms with van der Waals surface area (Å²) in [4.78, 5) is 12.6. The molecule has 3 nitrogen and oxygen atoms in total. The van der Waals surface area contributed by atoms with Gasteiger partial charge < -0.3 is 10.6 Å². The number of amides is 1. The Morgan fingerprint density at radius 1 is 0.800 bits per heavy atom. The zero-order chi connectivity index (χ0) is 17.5. The van der Waals surface area contributed by atoms with Gasteiger partial charge in [-0.1, -0.05) is 72.3 Å². The summed E-state index contributed by atoms with van der Waals surface area (Å²) in [5.74, 6) is -0.129. The number of hydrogen-bond donors (Lipinski definition) is 2. The predicted molar refractivity (Wildman–Crippen MR) is 103 cm³/mol. The van der Waals surface area contributed by atoms with E-state index in [1.165, 1.54) is 0 Å². The monoisotopic (exact) mass is 350 g/mol. The van der Waals surface area contributed by atoms with E-state index in [9.17, 15) is 4.79 Å². The molecule has 0 spiro atoms. The van der Waals surface area contributed by atoms with Crippen LogP contribution in [0.2, 0.25) is 5.02 Å². The maximum atomic E-state index is 12.6. The van der Waals surface area contributed by atoms with Crippen LogP contribution in [0.1, 0.15) is 21.5 Å². The Morgan fingerprint density at radius 3 is 2.28 bits per heavy atom. The van der Waals surface area contributed by atoms with E-state index in [0.717, 1.165) is 16.8 Å². The van der Waals surface area contributed by atoms with E-state index < -0.39 is 0 Å². The number of carbonyl (C=O) groups excluding carboxylic acids is 1. The van der Waals surface area contributed by atoms with Gasteiger partial charge in [0.25, 0.3) is 5.91 Å². The van der Waals surface area contributed by atoms with Crippen LogP contribution in [0.15, 0.2) is 78.9 Å². The zero-order valence-corrected chi connectivity index (χ0v) is 14.5. The number of anilines is 1. The van der Waals surface area contributed by atoms with Crippen LogP contribution in [0.5, 0.6) is 0 Å². The lowest BCUT2D eigenvalue weighted by molar-refractivity contribution is 0.0951. The van der Waals surface area contributed by atoms with Gasteiger partial charge in [-0.05, 0) is 29.3 Å². The van der Waals surface area contributed by atoms with Crippen LogP contribution in [0, 0.1) is 0 Å². The molecule has 126 valence electrons. The summed E-state index contributed by atoms with van der Waals surface area (Å²) >= 11 is 6.14. The molecule has 0 unspecified atom stereocenters. The van der Waals surface area contributed by atoms with Crippen LogP contribution in [-0.2, 0) is 13.1 Å². The van der Waals surface area contributed by atoms with Gasteiger partial charge in [0.2, 0.25) is 0 Å². The van der Waals surface area contributed by atoms with Gasteiger partial charge in [0, 0.05) is 23.8 Å². The van der Waals surface area contributed by atoms with Crippen LogP contribution in [0.4, 0.5) is 5.69 Å². The first-order valence-electron chi connectivity index (χ1n) is 8.12. The summed E-state index contributed by atoms with van der Waals surface area (Å²) in [6, 6.07) is 25.1. The fourth-order valence-electron chi connectivity index (χ4n) is 2.54. The standard InChI is InChI=1S/C21H19ClN2O/c22-19-12-6-4-10-17(19)15-24-21(25)18-11-5-7-13-20(18)23-14-16-8-2-1-3-9-16/h1-13,23H,14-15H2,(H,24,25). The molecule has 0 aliphatic rings. The molecule has 0 aliphatic heterocycles. The summed E-state index contributed by atoms with van der Waals surface area (Å²) in [6.45, 7) is 1.06. The number of halogens is 1. The summed E-state index contributed by atoms with van der Waals surface area (Å²) in [5, 5.41) is 6.92. The van der Waals surface area contributed by atoms with E-state index in [0.29, 0.717) is 23.7 Å². The Hall–Kier alpha value is -2.78. The zero-order valence-electron chi connectivity index (χ0n) is 13.7. The molecular weight excluding hydrogens is 332 g/mol. The van der Waals surface area contributed by atoms with Gasteiger partial charge in [0.1, 0.15) is 0 Å². The van der Waals surface area contributed by atoms with Gasteiger partial charge in [0.05, 0.1) is 5.56 Å². The molecule has 0 atom stereocenters. The average molecular weight is 351 g/mol. The maximum Gasteiger partial charge on any atom is 0.253 e. The van der Waals surface area contributed by atoms with Gasteiger partial charge in [-0.15, -0.1) is 0 Å². The molecule has 0 bridgehead atoms. The third kappa shape index (κ3) is 4.61. The van der Waals surface area contributed by atoms with Crippen molar-refractivity contribution >= 4 is 23.2 Å². The Kier molecular flexibility index (Phi) is 5.70. The fraction of sp³-hybridized carbons (Fsp3) is 0.0952. The second kappa shape index (κ2) is 8.36. The molecular formula is C21H19ClN2O. The summed E-state index contributed by atoms with van der Waals surface area (Å²) < 4.78 is 0. The molecule has 0 aliphatic carbocycles. The van der Waals surface area contributed by atoms with Crippen molar-refractivity contribution in [2.75, 3.05) is 5.32 Å². The molecule has 0 saturated carbocycles. The lowest BCUT2D eigenvalue weighted by atomic mass is 10.1. The minimum atomic E-state index is -0.129. The molecule has 3 aromatic carbocycles. The Labute approximate surface area is 152 Å². The first-order chi connectivity index (χ1) is 12.2. The molecule has 4 heteroatoms. The van der Waals surface area contributed by atoms with E-state index in [1.807, 2.05) is 78.9 Å². The number of benzene rings is 3. The van der Waals surface area contributed by atoms with Crippen LogP contribution in [0.3, 0.4) is 0 Å². The summed E-state index contributed by atoms with van der Waals surface area (Å²) in [7, 11) is 0. The number of rotatable bonds is 6. The lowest BCUT2D eigenvalue weighted by Crippen LogP contribution is -2.24. The third-order valence-electron chi connectivity index (χ3n) is 3.89. The van der Waals surface area contributed by atoms with Gasteiger partial charge >= 0.3 is 0 Å². The highest BCUT2D eigenvalue weighted by molar-refractivity contribution is 6.31. The van der Waals surface area contributed by atoms with Crippen LogP contribution in [-0.4, -0.2) is 5.91 Å². The summed E-state index contributed by atoms with van der Waals surface area (Å²) in [5.41, 5.74) is 3.48. The van der Waals surface area contributed by atoms with Gasteiger partial charge in [-0.2, -0.15) is 0 Å². The van der Waals surface area contributed by atoms with Crippen molar-refractivity contribution in [1.29, 1.82) is 0 Å². The normalized spacial score (nSPS) is 10.3. The fourth-order valence-corrected chi connectivity index (χ4v) is 2.74. The Balaban J connectivity index is 1.67. The molecule has 25 heavy (non-hydrogen) atoms. The van der Waals surface area contributed by atoms with Crippen LogP contribution >= 0.6 is 11.6 Å². The minimum Gasteiger partial charge on any atom is -0.380 e. The maximum absolute atomic E-state index is 12.6. The molecule has 3 aromatic rings. The quantitative estimate of drug-likeness (QED) is 0.665. The first kappa shape index (κ1) is 17.1. The van der Waals surface area contributed by atoms with E-state index in [4.69, 9.17) is 11.6 Å². The SMILES string of the molecule is O=C(NCc1ccccc1Cl)c1ccccc1NCc1ccccc1. The lowest BCUT2D eigenvalue weighted by Gasteiger charge is -2.13. The van der Waals surface area contributed by atoms with Gasteiger partial charge in [-0.3, -0.25) is 4.79 Å². The van der Waals surface area contributed by atoms with Crippen molar-refractivity contribution in [2.45, 2.75) is 13.1 Å². The van der Waals surface area contributed by atoms with E-state index in [-0.39, 0.29) is 5.91 Å². The highest BCUT2D eigenvalue weighted by Gasteiger charge is 2.11. The number of hydrogen-bond acceptors (Lipinski definition) is 2. The first-order valence-corrected chi connectivity index (χ1v) is 8.50. The van der Waals surface area contributed by atoms with Gasteiger partial charge in [-0.25, -0.2) is 0 Å². The van der Waals surface area contributed by atoms with Crippen molar-refractivity contribution in [3.8, 4) is 0 Å². The van der Waals surface area contributed by atoms with Crippen LogP contribution < -0.4 is 10.6 Å². The molecule has 0 saturated heterocycles. The molecule has 0 aromatic heterocycles. The van der Waals surface area contributed by atoms with Crippen molar-refractivity contribution in [3.63, 3.8) is 0 Å². The van der Waals surface area contributed by atoms with E-state index in [2.05, 4.69) is 10.6 Å². The average Bonchev–Trinajstić information content (AvgIpc) is 2.66. The predicted octanol–water partition coefficient (Wildman–Crippen LogP) is 4.88. The molecule has 0 heterocycles. The largest absolute Gasteiger partial charge is 0.380 e.